The molecule has 0 saturated heterocycles. The fourth-order valence-electron chi connectivity index (χ4n) is 3.10. The minimum atomic E-state index is -0.0392. The van der Waals surface area contributed by atoms with Crippen molar-refractivity contribution in [2.45, 2.75) is 13.3 Å². The third-order valence-electron chi connectivity index (χ3n) is 4.34. The van der Waals surface area contributed by atoms with Gasteiger partial charge in [-0.15, -0.1) is 0 Å². The molecule has 0 spiro atoms. The van der Waals surface area contributed by atoms with Gasteiger partial charge in [0.25, 0.3) is 5.56 Å². The van der Waals surface area contributed by atoms with Gasteiger partial charge in [-0.05, 0) is 36.1 Å². The van der Waals surface area contributed by atoms with Crippen LogP contribution in [-0.2, 0) is 6.42 Å². The molecule has 2 aromatic carbocycles. The Morgan fingerprint density at radius 3 is 2.65 bits per heavy atom. The summed E-state index contributed by atoms with van der Waals surface area (Å²) >= 11 is 0. The molecule has 0 radical (unpaired) electrons. The first-order chi connectivity index (χ1) is 12.8. The molecule has 0 aliphatic heterocycles. The molecule has 4 rings (SSSR count). The van der Waals surface area contributed by atoms with E-state index in [0.717, 1.165) is 34.3 Å². The van der Waals surface area contributed by atoms with Crippen LogP contribution in [0.4, 0.5) is 0 Å². The molecule has 0 atom stereocenters. The van der Waals surface area contributed by atoms with E-state index in [4.69, 9.17) is 0 Å². The molecule has 0 amide bonds. The Kier molecular flexibility index (Phi) is 4.12. The number of hydrogen-bond donors (Lipinski definition) is 1. The lowest BCUT2D eigenvalue weighted by molar-refractivity contribution is 0.889. The lowest BCUT2D eigenvalue weighted by Gasteiger charge is -2.14. The predicted molar refractivity (Wildman–Crippen MR) is 103 cm³/mol. The van der Waals surface area contributed by atoms with Gasteiger partial charge in [-0.25, -0.2) is 0 Å². The third kappa shape index (κ3) is 2.80. The van der Waals surface area contributed by atoms with Crippen molar-refractivity contribution >= 4 is 10.8 Å². The molecule has 4 heteroatoms. The van der Waals surface area contributed by atoms with E-state index < -0.39 is 0 Å². The van der Waals surface area contributed by atoms with Crippen LogP contribution in [0.1, 0.15) is 23.7 Å². The van der Waals surface area contributed by atoms with Gasteiger partial charge in [0.1, 0.15) is 0 Å². The van der Waals surface area contributed by atoms with Crippen molar-refractivity contribution in [1.29, 1.82) is 0 Å². The van der Waals surface area contributed by atoms with E-state index in [1.54, 1.807) is 17.0 Å². The second-order valence-electron chi connectivity index (χ2n) is 5.97. The maximum Gasteiger partial charge on any atom is 0.264 e. The van der Waals surface area contributed by atoms with Crippen LogP contribution < -0.4 is 5.56 Å². The normalized spacial score (nSPS) is 10.5. The summed E-state index contributed by atoms with van der Waals surface area (Å²) in [6, 6.07) is 17.6. The Labute approximate surface area is 151 Å². The van der Waals surface area contributed by atoms with Crippen LogP contribution >= 0.6 is 0 Å². The van der Waals surface area contributed by atoms with Crippen LogP contribution in [0.2, 0.25) is 0 Å². The predicted octanol–water partition coefficient (Wildman–Crippen LogP) is 3.68. The van der Waals surface area contributed by atoms with Gasteiger partial charge in [0.15, 0.2) is 0 Å². The highest BCUT2D eigenvalue weighted by Gasteiger charge is 2.12. The lowest BCUT2D eigenvalue weighted by Crippen LogP contribution is -2.22. The Morgan fingerprint density at radius 1 is 1.08 bits per heavy atom. The van der Waals surface area contributed by atoms with Gasteiger partial charge in [-0.1, -0.05) is 49.1 Å². The smallest absolute Gasteiger partial charge is 0.264 e. The number of pyridine rings is 1. The molecule has 0 saturated carbocycles. The highest BCUT2D eigenvalue weighted by molar-refractivity contribution is 5.88. The molecule has 0 unspecified atom stereocenters. The minimum Gasteiger partial charge on any atom is -0.284 e. The second-order valence-corrected chi connectivity index (χ2v) is 5.97. The topological polar surface area (TPSA) is 50.7 Å². The maximum atomic E-state index is 13.4. The standard InChI is InChI=1S/C22H17N3O/c1-2-19-13-18-8-6-7-17(12-11-16-14-23-24-15-16)21(18)22(26)25(19)20-9-4-3-5-10-20/h3-10,13-15H,2H2,1H3,(H,23,24). The van der Waals surface area contributed by atoms with Crippen molar-refractivity contribution in [3.05, 3.63) is 94.2 Å². The lowest BCUT2D eigenvalue weighted by atomic mass is 10.0. The zero-order chi connectivity index (χ0) is 17.9. The zero-order valence-electron chi connectivity index (χ0n) is 14.4. The minimum absolute atomic E-state index is 0.0392. The monoisotopic (exact) mass is 339 g/mol. The van der Waals surface area contributed by atoms with E-state index in [9.17, 15) is 4.79 Å². The number of fused-ring (bicyclic) bond motifs is 1. The summed E-state index contributed by atoms with van der Waals surface area (Å²) in [5.74, 6) is 6.18. The van der Waals surface area contributed by atoms with Gasteiger partial charge >= 0.3 is 0 Å². The van der Waals surface area contributed by atoms with Gasteiger partial charge in [0.05, 0.1) is 17.1 Å². The number of aromatic nitrogens is 3. The molecule has 0 fully saturated rings. The largest absolute Gasteiger partial charge is 0.284 e. The molecule has 2 heterocycles. The van der Waals surface area contributed by atoms with Crippen molar-refractivity contribution in [3.63, 3.8) is 0 Å². The molecule has 2 aromatic heterocycles. The molecule has 4 aromatic rings. The zero-order valence-corrected chi connectivity index (χ0v) is 14.4. The number of hydrogen-bond acceptors (Lipinski definition) is 2. The first kappa shape index (κ1) is 15.9. The number of aryl methyl sites for hydroxylation is 1. The third-order valence-corrected chi connectivity index (χ3v) is 4.34. The molecule has 126 valence electrons. The van der Waals surface area contributed by atoms with Crippen LogP contribution in [0.15, 0.2) is 71.8 Å². The van der Waals surface area contributed by atoms with E-state index >= 15 is 0 Å². The highest BCUT2D eigenvalue weighted by atomic mass is 16.1. The Morgan fingerprint density at radius 2 is 1.92 bits per heavy atom. The second kappa shape index (κ2) is 6.73. The fraction of sp³-hybridized carbons (Fsp3) is 0.0909. The number of nitrogens with zero attached hydrogens (tertiary/aromatic N) is 2. The van der Waals surface area contributed by atoms with Crippen LogP contribution in [-0.4, -0.2) is 14.8 Å². The molecular formula is C22H17N3O. The molecular weight excluding hydrogens is 322 g/mol. The molecule has 4 nitrogen and oxygen atoms in total. The van der Waals surface area contributed by atoms with Crippen molar-refractivity contribution in [1.82, 2.24) is 14.8 Å². The van der Waals surface area contributed by atoms with E-state index in [1.807, 2.05) is 48.5 Å². The Balaban J connectivity index is 2.00. The van der Waals surface area contributed by atoms with E-state index in [-0.39, 0.29) is 5.56 Å². The highest BCUT2D eigenvalue weighted by Crippen LogP contribution is 2.19. The Hall–Kier alpha value is -3.58. The summed E-state index contributed by atoms with van der Waals surface area (Å²) in [6.07, 6.45) is 4.16. The summed E-state index contributed by atoms with van der Waals surface area (Å²) in [7, 11) is 0. The van der Waals surface area contributed by atoms with E-state index in [1.165, 1.54) is 0 Å². The first-order valence-corrected chi connectivity index (χ1v) is 8.52. The van der Waals surface area contributed by atoms with Gasteiger partial charge in [-0.3, -0.25) is 14.5 Å². The average molecular weight is 339 g/mol. The van der Waals surface area contributed by atoms with Crippen molar-refractivity contribution in [2.24, 2.45) is 0 Å². The fourth-order valence-corrected chi connectivity index (χ4v) is 3.10. The summed E-state index contributed by atoms with van der Waals surface area (Å²) in [5.41, 5.74) is 3.32. The summed E-state index contributed by atoms with van der Waals surface area (Å²) in [6.45, 7) is 2.06. The summed E-state index contributed by atoms with van der Waals surface area (Å²) in [5, 5.41) is 8.20. The van der Waals surface area contributed by atoms with E-state index in [2.05, 4.69) is 35.0 Å². The number of nitrogens with one attached hydrogen (secondary N) is 1. The SMILES string of the molecule is CCc1cc2cccc(C#Cc3cn[nH]c3)c2c(=O)n1-c1ccccc1. The quantitative estimate of drug-likeness (QED) is 0.567. The molecule has 26 heavy (non-hydrogen) atoms. The molecule has 0 aliphatic rings. The molecule has 0 bridgehead atoms. The van der Waals surface area contributed by atoms with Crippen LogP contribution in [0.3, 0.4) is 0 Å². The van der Waals surface area contributed by atoms with Gasteiger partial charge < -0.3 is 0 Å². The molecule has 0 aliphatic carbocycles. The van der Waals surface area contributed by atoms with Gasteiger partial charge in [0, 0.05) is 23.1 Å². The number of aromatic amines is 1. The number of H-pyrrole nitrogens is 1. The number of benzene rings is 2. The number of rotatable bonds is 2. The van der Waals surface area contributed by atoms with Crippen molar-refractivity contribution < 1.29 is 0 Å². The van der Waals surface area contributed by atoms with Crippen LogP contribution in [0, 0.1) is 11.8 Å². The van der Waals surface area contributed by atoms with Crippen LogP contribution in [0.5, 0.6) is 0 Å². The van der Waals surface area contributed by atoms with Crippen LogP contribution in [0.25, 0.3) is 16.5 Å². The van der Waals surface area contributed by atoms with Crippen molar-refractivity contribution in [3.8, 4) is 17.5 Å². The van der Waals surface area contributed by atoms with Gasteiger partial charge in [-0.2, -0.15) is 5.10 Å². The van der Waals surface area contributed by atoms with E-state index in [0.29, 0.717) is 5.39 Å². The number of para-hydroxylation sites is 1. The van der Waals surface area contributed by atoms with Gasteiger partial charge in [0.2, 0.25) is 0 Å². The van der Waals surface area contributed by atoms with Crippen molar-refractivity contribution in [2.75, 3.05) is 0 Å². The summed E-state index contributed by atoms with van der Waals surface area (Å²) < 4.78 is 1.78. The maximum absolute atomic E-state index is 13.4. The average Bonchev–Trinajstić information content (AvgIpc) is 3.20. The molecule has 1 N–H and O–H groups in total. The summed E-state index contributed by atoms with van der Waals surface area (Å²) in [4.78, 5) is 13.4. The first-order valence-electron chi connectivity index (χ1n) is 8.52. The Bertz CT molecular complexity index is 1180.